The SMILES string of the molecule is ICN[C@@H]1O[I-]1. The van der Waals surface area contributed by atoms with Gasteiger partial charge in [-0.1, -0.05) is 0 Å². The van der Waals surface area contributed by atoms with E-state index in [2.05, 4.69) is 27.9 Å². The Labute approximate surface area is 61.0 Å². The fourth-order valence-electron chi connectivity index (χ4n) is 0.149. The summed E-state index contributed by atoms with van der Waals surface area (Å²) in [5, 5.41) is 3.13. The first-order valence-electron chi connectivity index (χ1n) is 1.52. The van der Waals surface area contributed by atoms with Gasteiger partial charge in [-0.2, -0.15) is 0 Å². The van der Waals surface area contributed by atoms with Gasteiger partial charge in [-0.05, 0) is 0 Å². The van der Waals surface area contributed by atoms with Crippen molar-refractivity contribution in [2.75, 3.05) is 4.55 Å². The summed E-state index contributed by atoms with van der Waals surface area (Å²) < 4.78 is 6.46. The average molecular weight is 312 g/mol. The van der Waals surface area contributed by atoms with E-state index in [0.717, 1.165) is 4.55 Å². The molecule has 1 fully saturated rings. The van der Waals surface area contributed by atoms with Gasteiger partial charge in [0.1, 0.15) is 0 Å². The first-order valence-corrected chi connectivity index (χ1v) is 5.17. The molecule has 1 aliphatic heterocycles. The van der Waals surface area contributed by atoms with E-state index in [-0.39, 0.29) is 21.6 Å². The van der Waals surface area contributed by atoms with Crippen molar-refractivity contribution in [1.29, 1.82) is 0 Å². The molecule has 1 aliphatic rings. The summed E-state index contributed by atoms with van der Waals surface area (Å²) in [4.78, 5) is 0. The van der Waals surface area contributed by atoms with Crippen molar-refractivity contribution in [3.63, 3.8) is 0 Å². The molecule has 0 amide bonds. The van der Waals surface area contributed by atoms with E-state index in [0.29, 0.717) is 4.23 Å². The molecule has 6 heavy (non-hydrogen) atoms. The Hall–Kier alpha value is 1.38. The topological polar surface area (TPSA) is 24.6 Å². The molecule has 1 N–H and O–H groups in total. The molecule has 1 atom stereocenters. The van der Waals surface area contributed by atoms with Crippen LogP contribution in [0.15, 0.2) is 0 Å². The van der Waals surface area contributed by atoms with Crippen molar-refractivity contribution in [3.05, 3.63) is 0 Å². The molecule has 0 unspecified atom stereocenters. The van der Waals surface area contributed by atoms with E-state index in [1.165, 1.54) is 0 Å². The van der Waals surface area contributed by atoms with Crippen molar-refractivity contribution in [1.82, 2.24) is 5.32 Å². The Kier molecular flexibility index (Phi) is 2.42. The number of hydrogen-bond acceptors (Lipinski definition) is 2. The van der Waals surface area contributed by atoms with Crippen LogP contribution < -0.4 is 26.9 Å². The molecule has 2 nitrogen and oxygen atoms in total. The molecular formula is C2H4I2NO-. The predicted molar refractivity (Wildman–Crippen MR) is 26.9 cm³/mol. The Balaban J connectivity index is 1.88. The molecule has 1 saturated heterocycles. The molecule has 0 aromatic heterocycles. The van der Waals surface area contributed by atoms with Crippen molar-refractivity contribution in [2.45, 2.75) is 4.23 Å². The van der Waals surface area contributed by atoms with Gasteiger partial charge in [0, 0.05) is 0 Å². The fourth-order valence-corrected chi connectivity index (χ4v) is 2.12. The van der Waals surface area contributed by atoms with Crippen LogP contribution >= 0.6 is 22.6 Å². The Bertz CT molecular complexity index is 46.8. The van der Waals surface area contributed by atoms with E-state index in [9.17, 15) is 0 Å². The molecule has 0 saturated carbocycles. The molecule has 0 aromatic rings. The minimum absolute atomic E-state index is 0.152. The molecule has 0 bridgehead atoms. The summed E-state index contributed by atoms with van der Waals surface area (Å²) in [6.07, 6.45) is 0. The van der Waals surface area contributed by atoms with Crippen LogP contribution in [0.3, 0.4) is 0 Å². The summed E-state index contributed by atoms with van der Waals surface area (Å²) in [5.41, 5.74) is 0. The zero-order chi connectivity index (χ0) is 4.41. The van der Waals surface area contributed by atoms with E-state index < -0.39 is 0 Å². The van der Waals surface area contributed by atoms with Crippen LogP contribution in [0.2, 0.25) is 0 Å². The van der Waals surface area contributed by atoms with Crippen molar-refractivity contribution >= 4 is 22.6 Å². The average Bonchev–Trinajstić information content (AvgIpc) is 2.21. The van der Waals surface area contributed by atoms with Crippen LogP contribution in [-0.4, -0.2) is 8.79 Å². The van der Waals surface area contributed by atoms with E-state index >= 15 is 0 Å². The van der Waals surface area contributed by atoms with Gasteiger partial charge in [0.05, 0.1) is 0 Å². The van der Waals surface area contributed by atoms with Crippen LogP contribution in [0.5, 0.6) is 0 Å². The standard InChI is InChI=1S/C2H4I2NO/c3-1-5-2-4-6-2/h2,5H,1H2/q-1/t2-/m1/s1. The first kappa shape index (κ1) is 5.52. The number of alkyl halides is 2. The van der Waals surface area contributed by atoms with Gasteiger partial charge >= 0.3 is 61.4 Å². The second kappa shape index (κ2) is 2.63. The zero-order valence-electron chi connectivity index (χ0n) is 2.95. The number of nitrogens with one attached hydrogen (secondary N) is 1. The monoisotopic (exact) mass is 312 g/mol. The maximum absolute atomic E-state index is 4.94. The van der Waals surface area contributed by atoms with Crippen LogP contribution in [-0.2, 0) is 3.07 Å². The van der Waals surface area contributed by atoms with Gasteiger partial charge in [-0.15, -0.1) is 0 Å². The molecule has 0 aliphatic carbocycles. The quantitative estimate of drug-likeness (QED) is 0.260. The molecule has 0 aromatic carbocycles. The third-order valence-electron chi connectivity index (χ3n) is 0.416. The predicted octanol–water partition coefficient (Wildman–Crippen LogP) is -2.71. The molecular weight excluding hydrogens is 308 g/mol. The third-order valence-corrected chi connectivity index (χ3v) is 2.31. The zero-order valence-corrected chi connectivity index (χ0v) is 7.26. The molecule has 0 spiro atoms. The molecule has 0 radical (unpaired) electrons. The Morgan fingerprint density at radius 2 is 2.67 bits per heavy atom. The van der Waals surface area contributed by atoms with Crippen LogP contribution in [0.25, 0.3) is 0 Å². The van der Waals surface area contributed by atoms with Crippen LogP contribution in [0.1, 0.15) is 0 Å². The summed E-state index contributed by atoms with van der Waals surface area (Å²) in [6, 6.07) is 0. The fraction of sp³-hybridized carbons (Fsp3) is 1.00. The first-order chi connectivity index (χ1) is 2.93. The third kappa shape index (κ3) is 1.90. The van der Waals surface area contributed by atoms with Gasteiger partial charge in [-0.3, -0.25) is 0 Å². The second-order valence-electron chi connectivity index (χ2n) is 0.832. The van der Waals surface area contributed by atoms with Crippen molar-refractivity contribution in [2.24, 2.45) is 0 Å². The number of halogens is 2. The number of rotatable bonds is 2. The summed E-state index contributed by atoms with van der Waals surface area (Å²) in [5.74, 6) is 0. The van der Waals surface area contributed by atoms with E-state index in [1.807, 2.05) is 0 Å². The van der Waals surface area contributed by atoms with E-state index in [4.69, 9.17) is 3.07 Å². The van der Waals surface area contributed by atoms with Gasteiger partial charge in [0.15, 0.2) is 0 Å². The normalized spacial score (nSPS) is 31.8. The summed E-state index contributed by atoms with van der Waals surface area (Å²) in [7, 11) is 0. The Morgan fingerprint density at radius 1 is 2.00 bits per heavy atom. The van der Waals surface area contributed by atoms with E-state index in [1.54, 1.807) is 0 Å². The van der Waals surface area contributed by atoms with Gasteiger partial charge < -0.3 is 0 Å². The van der Waals surface area contributed by atoms with Crippen molar-refractivity contribution < 1.29 is 24.7 Å². The van der Waals surface area contributed by atoms with Crippen LogP contribution in [0, 0.1) is 0 Å². The van der Waals surface area contributed by atoms with Gasteiger partial charge in [0.25, 0.3) is 0 Å². The van der Waals surface area contributed by atoms with Gasteiger partial charge in [-0.25, -0.2) is 0 Å². The van der Waals surface area contributed by atoms with Crippen LogP contribution in [0.4, 0.5) is 0 Å². The maximum atomic E-state index is 4.94. The number of hydrogen-bond donors (Lipinski definition) is 1. The molecule has 1 rings (SSSR count). The summed E-state index contributed by atoms with van der Waals surface area (Å²) in [6.45, 7) is 0. The molecule has 4 heteroatoms. The minimum atomic E-state index is 0.152. The molecule has 1 heterocycles. The van der Waals surface area contributed by atoms with Gasteiger partial charge in [0.2, 0.25) is 0 Å². The second-order valence-corrected chi connectivity index (χ2v) is 3.74. The molecule has 38 valence electrons. The Morgan fingerprint density at radius 3 is 2.83 bits per heavy atom. The van der Waals surface area contributed by atoms with Crippen molar-refractivity contribution in [3.8, 4) is 0 Å². The summed E-state index contributed by atoms with van der Waals surface area (Å²) >= 11 is 2.42.